The van der Waals surface area contributed by atoms with Crippen molar-refractivity contribution in [2.24, 2.45) is 11.8 Å². The number of hydrogen-bond acceptors (Lipinski definition) is 2. The van der Waals surface area contributed by atoms with Crippen molar-refractivity contribution in [1.29, 1.82) is 0 Å². The quantitative estimate of drug-likeness (QED) is 0.879. The second-order valence-electron chi connectivity index (χ2n) is 4.99. The van der Waals surface area contributed by atoms with E-state index in [0.29, 0.717) is 10.9 Å². The van der Waals surface area contributed by atoms with Gasteiger partial charge in [-0.2, -0.15) is 0 Å². The lowest BCUT2D eigenvalue weighted by Gasteiger charge is -2.32. The van der Waals surface area contributed by atoms with Crippen LogP contribution in [0.4, 0.5) is 0 Å². The van der Waals surface area contributed by atoms with Crippen LogP contribution in [0.25, 0.3) is 0 Å². The molecule has 1 aromatic rings. The topological polar surface area (TPSA) is 41.1 Å². The van der Waals surface area contributed by atoms with E-state index in [4.69, 9.17) is 11.6 Å². The Morgan fingerprint density at radius 2 is 1.94 bits per heavy atom. The monoisotopic (exact) mass is 266 g/mol. The van der Waals surface area contributed by atoms with E-state index in [1.807, 2.05) is 38.1 Å². The summed E-state index contributed by atoms with van der Waals surface area (Å²) in [6.45, 7) is 5.89. The molecule has 2 N–H and O–H groups in total. The third kappa shape index (κ3) is 3.03. The number of amides is 1. The molecule has 1 heterocycles. The average Bonchev–Trinajstić information content (AvgIpc) is 2.27. The van der Waals surface area contributed by atoms with Crippen LogP contribution in [0.5, 0.6) is 0 Å². The molecule has 4 heteroatoms. The minimum Gasteiger partial charge on any atom is -0.349 e. The van der Waals surface area contributed by atoms with Crippen molar-refractivity contribution in [1.82, 2.24) is 10.6 Å². The smallest absolute Gasteiger partial charge is 0.223 e. The van der Waals surface area contributed by atoms with Gasteiger partial charge in [-0.25, -0.2) is 0 Å². The van der Waals surface area contributed by atoms with Crippen LogP contribution in [0, 0.1) is 11.8 Å². The lowest BCUT2D eigenvalue weighted by molar-refractivity contribution is -0.127. The lowest BCUT2D eigenvalue weighted by Crippen LogP contribution is -2.49. The molecule has 2 atom stereocenters. The van der Waals surface area contributed by atoms with Gasteiger partial charge in [-0.1, -0.05) is 30.7 Å². The Hall–Kier alpha value is -1.06. The molecule has 1 aromatic carbocycles. The largest absolute Gasteiger partial charge is 0.349 e. The second-order valence-corrected chi connectivity index (χ2v) is 5.43. The van der Waals surface area contributed by atoms with E-state index in [-0.39, 0.29) is 17.9 Å². The molecule has 2 rings (SSSR count). The van der Waals surface area contributed by atoms with Crippen LogP contribution in [0.15, 0.2) is 24.3 Å². The van der Waals surface area contributed by atoms with Gasteiger partial charge in [0.05, 0.1) is 6.04 Å². The Morgan fingerprint density at radius 3 is 2.44 bits per heavy atom. The zero-order valence-corrected chi connectivity index (χ0v) is 11.5. The molecule has 18 heavy (non-hydrogen) atoms. The highest BCUT2D eigenvalue weighted by Crippen LogP contribution is 2.19. The van der Waals surface area contributed by atoms with E-state index >= 15 is 0 Å². The Balaban J connectivity index is 1.91. The molecule has 0 spiro atoms. The molecule has 0 aromatic heterocycles. The van der Waals surface area contributed by atoms with Crippen molar-refractivity contribution < 1.29 is 4.79 Å². The molecule has 1 aliphatic heterocycles. The summed E-state index contributed by atoms with van der Waals surface area (Å²) in [6, 6.07) is 7.61. The molecule has 3 nitrogen and oxygen atoms in total. The predicted molar refractivity (Wildman–Crippen MR) is 73.5 cm³/mol. The molecular formula is C14H19ClN2O. The minimum atomic E-state index is 0.0188. The zero-order valence-electron chi connectivity index (χ0n) is 10.7. The Morgan fingerprint density at radius 1 is 1.33 bits per heavy atom. The fourth-order valence-corrected chi connectivity index (χ4v) is 2.18. The van der Waals surface area contributed by atoms with E-state index in [9.17, 15) is 4.79 Å². The third-order valence-electron chi connectivity index (χ3n) is 3.66. The number of carbonyl (C=O) groups excluding carboxylic acids is 1. The van der Waals surface area contributed by atoms with E-state index in [2.05, 4.69) is 10.6 Å². The van der Waals surface area contributed by atoms with E-state index in [1.165, 1.54) is 0 Å². The van der Waals surface area contributed by atoms with Gasteiger partial charge in [0.15, 0.2) is 0 Å². The molecule has 0 bridgehead atoms. The van der Waals surface area contributed by atoms with Gasteiger partial charge in [-0.05, 0) is 43.6 Å². The van der Waals surface area contributed by atoms with Crippen LogP contribution in [0.2, 0.25) is 5.02 Å². The first-order valence-electron chi connectivity index (χ1n) is 6.34. The minimum absolute atomic E-state index is 0.0188. The number of rotatable bonds is 4. The molecule has 0 saturated carbocycles. The summed E-state index contributed by atoms with van der Waals surface area (Å²) in [5, 5.41) is 6.96. The Labute approximate surface area is 113 Å². The zero-order chi connectivity index (χ0) is 13.1. The van der Waals surface area contributed by atoms with Crippen LogP contribution >= 0.6 is 11.6 Å². The first-order valence-corrected chi connectivity index (χ1v) is 6.72. The van der Waals surface area contributed by atoms with Gasteiger partial charge in [-0.3, -0.25) is 4.79 Å². The van der Waals surface area contributed by atoms with Crippen molar-refractivity contribution in [3.8, 4) is 0 Å². The van der Waals surface area contributed by atoms with Gasteiger partial charge in [0.2, 0.25) is 5.91 Å². The normalized spacial score (nSPS) is 18.8. The van der Waals surface area contributed by atoms with Crippen LogP contribution in [-0.2, 0) is 4.79 Å². The van der Waals surface area contributed by atoms with Crippen LogP contribution in [-0.4, -0.2) is 19.0 Å². The SMILES string of the molecule is CC(NC(=O)C(C)C1CNC1)c1ccc(Cl)cc1. The van der Waals surface area contributed by atoms with Crippen LogP contribution in [0.3, 0.4) is 0 Å². The summed E-state index contributed by atoms with van der Waals surface area (Å²) in [6.07, 6.45) is 0. The average molecular weight is 267 g/mol. The molecular weight excluding hydrogens is 248 g/mol. The fourth-order valence-electron chi connectivity index (χ4n) is 2.06. The Kier molecular flexibility index (Phi) is 4.25. The maximum Gasteiger partial charge on any atom is 0.223 e. The van der Waals surface area contributed by atoms with Crippen LogP contribution < -0.4 is 10.6 Å². The molecule has 0 aliphatic carbocycles. The maximum absolute atomic E-state index is 12.1. The molecule has 1 aliphatic rings. The van der Waals surface area contributed by atoms with E-state index in [1.54, 1.807) is 0 Å². The van der Waals surface area contributed by atoms with Crippen LogP contribution in [0.1, 0.15) is 25.5 Å². The molecule has 1 saturated heterocycles. The number of nitrogens with one attached hydrogen (secondary N) is 2. The van der Waals surface area contributed by atoms with Gasteiger partial charge >= 0.3 is 0 Å². The molecule has 98 valence electrons. The number of carbonyl (C=O) groups is 1. The highest BCUT2D eigenvalue weighted by molar-refractivity contribution is 6.30. The number of halogens is 1. The molecule has 2 unspecified atom stereocenters. The van der Waals surface area contributed by atoms with Crippen molar-refractivity contribution in [3.05, 3.63) is 34.9 Å². The summed E-state index contributed by atoms with van der Waals surface area (Å²) in [4.78, 5) is 12.1. The van der Waals surface area contributed by atoms with E-state index < -0.39 is 0 Å². The number of hydrogen-bond donors (Lipinski definition) is 2. The fraction of sp³-hybridized carbons (Fsp3) is 0.500. The first-order chi connectivity index (χ1) is 8.58. The highest BCUT2D eigenvalue weighted by Gasteiger charge is 2.29. The summed E-state index contributed by atoms with van der Waals surface area (Å²) in [5.74, 6) is 0.673. The maximum atomic E-state index is 12.1. The summed E-state index contributed by atoms with van der Waals surface area (Å²) < 4.78 is 0. The summed E-state index contributed by atoms with van der Waals surface area (Å²) >= 11 is 5.85. The standard InChI is InChI=1S/C14H19ClN2O/c1-9(12-7-16-8-12)14(18)17-10(2)11-3-5-13(15)6-4-11/h3-6,9-10,12,16H,7-8H2,1-2H3,(H,17,18). The van der Waals surface area contributed by atoms with Gasteiger partial charge < -0.3 is 10.6 Å². The second kappa shape index (κ2) is 5.72. The predicted octanol–water partition coefficient (Wildman–Crippen LogP) is 2.37. The molecule has 1 fully saturated rings. The highest BCUT2D eigenvalue weighted by atomic mass is 35.5. The summed E-state index contributed by atoms with van der Waals surface area (Å²) in [7, 11) is 0. The van der Waals surface area contributed by atoms with Gasteiger partial charge in [0, 0.05) is 10.9 Å². The van der Waals surface area contributed by atoms with Gasteiger partial charge in [0.25, 0.3) is 0 Å². The van der Waals surface area contributed by atoms with Crippen molar-refractivity contribution in [2.45, 2.75) is 19.9 Å². The first kappa shape index (κ1) is 13.4. The van der Waals surface area contributed by atoms with Crippen molar-refractivity contribution in [3.63, 3.8) is 0 Å². The third-order valence-corrected chi connectivity index (χ3v) is 3.91. The van der Waals surface area contributed by atoms with Crippen molar-refractivity contribution in [2.75, 3.05) is 13.1 Å². The van der Waals surface area contributed by atoms with Gasteiger partial charge in [0.1, 0.15) is 0 Å². The van der Waals surface area contributed by atoms with Gasteiger partial charge in [-0.15, -0.1) is 0 Å². The molecule has 1 amide bonds. The number of benzene rings is 1. The lowest BCUT2D eigenvalue weighted by atomic mass is 9.88. The Bertz CT molecular complexity index is 414. The van der Waals surface area contributed by atoms with E-state index in [0.717, 1.165) is 18.7 Å². The summed E-state index contributed by atoms with van der Waals surface area (Å²) in [5.41, 5.74) is 1.08. The van der Waals surface area contributed by atoms with Crippen molar-refractivity contribution >= 4 is 17.5 Å². The molecule has 0 radical (unpaired) electrons.